The van der Waals surface area contributed by atoms with Crippen LogP contribution in [0.15, 0.2) is 59.5 Å². The molecule has 2 aromatic heterocycles. The van der Waals surface area contributed by atoms with E-state index in [0.717, 1.165) is 15.9 Å². The fourth-order valence-corrected chi connectivity index (χ4v) is 2.05. The third-order valence-corrected chi connectivity index (χ3v) is 3.14. The Labute approximate surface area is 124 Å². The molecule has 0 fully saturated rings. The molecule has 2 heterocycles. The van der Waals surface area contributed by atoms with Crippen LogP contribution in [0, 0.1) is 0 Å². The Morgan fingerprint density at radius 1 is 1.10 bits per heavy atom. The molecule has 0 aliphatic rings. The molecule has 0 saturated heterocycles. The predicted molar refractivity (Wildman–Crippen MR) is 77.6 cm³/mol. The lowest BCUT2D eigenvalue weighted by Gasteiger charge is -2.06. The van der Waals surface area contributed by atoms with Crippen molar-refractivity contribution in [2.24, 2.45) is 0 Å². The maximum atomic E-state index is 5.63. The van der Waals surface area contributed by atoms with Crippen LogP contribution >= 0.6 is 15.9 Å². The third-order valence-electron chi connectivity index (χ3n) is 2.70. The molecule has 0 spiro atoms. The van der Waals surface area contributed by atoms with Crippen LogP contribution in [0.5, 0.6) is 5.88 Å². The molecule has 0 amide bonds. The number of halogens is 1. The highest BCUT2D eigenvalue weighted by atomic mass is 79.9. The van der Waals surface area contributed by atoms with E-state index in [1.54, 1.807) is 17.1 Å². The SMILES string of the molecule is Brc1cccc(OCc2ccc(-n3ccnn3)cc2)n1. The summed E-state index contributed by atoms with van der Waals surface area (Å²) < 4.78 is 8.10. The van der Waals surface area contributed by atoms with Crippen LogP contribution in [-0.4, -0.2) is 20.0 Å². The summed E-state index contributed by atoms with van der Waals surface area (Å²) in [6.45, 7) is 0.473. The van der Waals surface area contributed by atoms with Gasteiger partial charge in [-0.15, -0.1) is 5.10 Å². The number of nitrogens with zero attached hydrogens (tertiary/aromatic N) is 4. The van der Waals surface area contributed by atoms with E-state index >= 15 is 0 Å². The highest BCUT2D eigenvalue weighted by Crippen LogP contribution is 2.14. The summed E-state index contributed by atoms with van der Waals surface area (Å²) in [5.41, 5.74) is 2.03. The number of hydrogen-bond acceptors (Lipinski definition) is 4. The normalized spacial score (nSPS) is 10.4. The van der Waals surface area contributed by atoms with Crippen molar-refractivity contribution in [2.45, 2.75) is 6.61 Å². The van der Waals surface area contributed by atoms with Crippen molar-refractivity contribution >= 4 is 15.9 Å². The van der Waals surface area contributed by atoms with E-state index in [2.05, 4.69) is 31.2 Å². The third kappa shape index (κ3) is 3.03. The summed E-state index contributed by atoms with van der Waals surface area (Å²) in [7, 11) is 0. The van der Waals surface area contributed by atoms with Gasteiger partial charge in [0.25, 0.3) is 0 Å². The molecular formula is C14H11BrN4O. The second-order valence-corrected chi connectivity index (χ2v) is 4.91. The molecule has 6 heteroatoms. The van der Waals surface area contributed by atoms with Gasteiger partial charge in [0.2, 0.25) is 5.88 Å². The van der Waals surface area contributed by atoms with Gasteiger partial charge < -0.3 is 4.74 Å². The monoisotopic (exact) mass is 330 g/mol. The number of ether oxygens (including phenoxy) is 1. The van der Waals surface area contributed by atoms with Crippen LogP contribution in [0.4, 0.5) is 0 Å². The second-order valence-electron chi connectivity index (χ2n) is 4.10. The van der Waals surface area contributed by atoms with Gasteiger partial charge in [-0.05, 0) is 39.7 Å². The Morgan fingerprint density at radius 2 is 1.95 bits per heavy atom. The fraction of sp³-hybridized carbons (Fsp3) is 0.0714. The quantitative estimate of drug-likeness (QED) is 0.690. The van der Waals surface area contributed by atoms with E-state index in [4.69, 9.17) is 4.74 Å². The molecule has 0 N–H and O–H groups in total. The Hall–Kier alpha value is -2.21. The largest absolute Gasteiger partial charge is 0.473 e. The zero-order valence-corrected chi connectivity index (χ0v) is 12.1. The first-order chi connectivity index (χ1) is 9.81. The van der Waals surface area contributed by atoms with Crippen LogP contribution in [0.2, 0.25) is 0 Å². The van der Waals surface area contributed by atoms with Crippen LogP contribution in [-0.2, 0) is 6.61 Å². The van der Waals surface area contributed by atoms with Crippen LogP contribution < -0.4 is 4.74 Å². The minimum atomic E-state index is 0.473. The fourth-order valence-electron chi connectivity index (χ4n) is 1.72. The number of pyridine rings is 1. The van der Waals surface area contributed by atoms with Gasteiger partial charge >= 0.3 is 0 Å². The first-order valence-corrected chi connectivity index (χ1v) is 6.81. The maximum Gasteiger partial charge on any atom is 0.214 e. The van der Waals surface area contributed by atoms with Gasteiger partial charge in [-0.3, -0.25) is 0 Å². The molecule has 0 radical (unpaired) electrons. The Morgan fingerprint density at radius 3 is 2.65 bits per heavy atom. The molecule has 5 nitrogen and oxygen atoms in total. The summed E-state index contributed by atoms with van der Waals surface area (Å²) in [5.74, 6) is 0.597. The molecule has 20 heavy (non-hydrogen) atoms. The molecule has 0 unspecified atom stereocenters. The lowest BCUT2D eigenvalue weighted by Crippen LogP contribution is -1.99. The summed E-state index contributed by atoms with van der Waals surface area (Å²) >= 11 is 3.31. The maximum absolute atomic E-state index is 5.63. The summed E-state index contributed by atoms with van der Waals surface area (Å²) in [6, 6.07) is 13.5. The Bertz CT molecular complexity index is 683. The van der Waals surface area contributed by atoms with E-state index < -0.39 is 0 Å². The summed E-state index contributed by atoms with van der Waals surface area (Å²) in [6.07, 6.45) is 3.45. The molecule has 0 atom stereocenters. The number of benzene rings is 1. The van der Waals surface area contributed by atoms with Gasteiger partial charge in [0.15, 0.2) is 0 Å². The standard InChI is InChI=1S/C14H11BrN4O/c15-13-2-1-3-14(17-13)20-10-11-4-6-12(7-5-11)19-9-8-16-18-19/h1-9H,10H2. The second kappa shape index (κ2) is 5.83. The van der Waals surface area contributed by atoms with Crippen LogP contribution in [0.25, 0.3) is 5.69 Å². The lowest BCUT2D eigenvalue weighted by atomic mass is 10.2. The topological polar surface area (TPSA) is 52.8 Å². The zero-order valence-electron chi connectivity index (χ0n) is 10.5. The average molecular weight is 331 g/mol. The van der Waals surface area contributed by atoms with E-state index in [0.29, 0.717) is 12.5 Å². The van der Waals surface area contributed by atoms with Crippen molar-refractivity contribution in [3.8, 4) is 11.6 Å². The highest BCUT2D eigenvalue weighted by molar-refractivity contribution is 9.10. The summed E-state index contributed by atoms with van der Waals surface area (Å²) in [5, 5.41) is 7.72. The van der Waals surface area contributed by atoms with E-state index in [1.165, 1.54) is 0 Å². The van der Waals surface area contributed by atoms with Gasteiger partial charge in [-0.1, -0.05) is 23.4 Å². The first kappa shape index (κ1) is 12.8. The lowest BCUT2D eigenvalue weighted by molar-refractivity contribution is 0.293. The highest BCUT2D eigenvalue weighted by Gasteiger charge is 2.00. The van der Waals surface area contributed by atoms with Crippen molar-refractivity contribution in [1.82, 2.24) is 20.0 Å². The van der Waals surface area contributed by atoms with E-state index in [-0.39, 0.29) is 0 Å². The minimum absolute atomic E-state index is 0.473. The van der Waals surface area contributed by atoms with Crippen molar-refractivity contribution in [3.63, 3.8) is 0 Å². The van der Waals surface area contributed by atoms with Gasteiger partial charge in [0.1, 0.15) is 11.2 Å². The van der Waals surface area contributed by atoms with Crippen LogP contribution in [0.3, 0.4) is 0 Å². The molecule has 3 aromatic rings. The zero-order chi connectivity index (χ0) is 13.8. The number of aromatic nitrogens is 4. The number of rotatable bonds is 4. The molecule has 0 saturated carbocycles. The molecule has 0 aliphatic heterocycles. The molecular weight excluding hydrogens is 320 g/mol. The average Bonchev–Trinajstić information content (AvgIpc) is 3.00. The van der Waals surface area contributed by atoms with E-state index in [1.807, 2.05) is 42.5 Å². The Kier molecular flexibility index (Phi) is 3.73. The smallest absolute Gasteiger partial charge is 0.214 e. The Balaban J connectivity index is 1.67. The predicted octanol–water partition coefficient (Wildman–Crippen LogP) is 3.00. The summed E-state index contributed by atoms with van der Waals surface area (Å²) in [4.78, 5) is 4.22. The van der Waals surface area contributed by atoms with Crippen molar-refractivity contribution < 1.29 is 4.74 Å². The van der Waals surface area contributed by atoms with Crippen molar-refractivity contribution in [2.75, 3.05) is 0 Å². The molecule has 0 bridgehead atoms. The van der Waals surface area contributed by atoms with Gasteiger partial charge in [-0.25, -0.2) is 9.67 Å². The molecule has 1 aromatic carbocycles. The molecule has 100 valence electrons. The van der Waals surface area contributed by atoms with Crippen molar-refractivity contribution in [1.29, 1.82) is 0 Å². The van der Waals surface area contributed by atoms with Gasteiger partial charge in [0.05, 0.1) is 18.1 Å². The van der Waals surface area contributed by atoms with Gasteiger partial charge in [-0.2, -0.15) is 0 Å². The number of hydrogen-bond donors (Lipinski definition) is 0. The molecule has 3 rings (SSSR count). The molecule has 0 aliphatic carbocycles. The minimum Gasteiger partial charge on any atom is -0.473 e. The van der Waals surface area contributed by atoms with Gasteiger partial charge in [0, 0.05) is 6.07 Å². The van der Waals surface area contributed by atoms with Crippen molar-refractivity contribution in [3.05, 3.63) is 65.0 Å². The van der Waals surface area contributed by atoms with Crippen LogP contribution in [0.1, 0.15) is 5.56 Å². The van der Waals surface area contributed by atoms with E-state index in [9.17, 15) is 0 Å². The first-order valence-electron chi connectivity index (χ1n) is 6.02.